The molecule has 2 atom stereocenters. The number of halogens is 1. The fourth-order valence-corrected chi connectivity index (χ4v) is 4.66. The van der Waals surface area contributed by atoms with Crippen LogP contribution in [0.25, 0.3) is 0 Å². The van der Waals surface area contributed by atoms with Gasteiger partial charge in [0, 0.05) is 30.0 Å². The number of nitrogens with zero attached hydrogens (tertiary/aromatic N) is 2. The second-order valence-electron chi connectivity index (χ2n) is 5.94. The number of likely N-dealkylation sites (tertiary alicyclic amines) is 1. The average molecular weight is 337 g/mol. The Bertz CT molecular complexity index is 560. The molecule has 0 amide bonds. The van der Waals surface area contributed by atoms with E-state index < -0.39 is 0 Å². The number of hydrogen-bond acceptors (Lipinski definition) is 3. The molecule has 0 radical (unpaired) electrons. The summed E-state index contributed by atoms with van der Waals surface area (Å²) in [4.78, 5) is 4.90. The van der Waals surface area contributed by atoms with Crippen molar-refractivity contribution in [3.63, 3.8) is 0 Å². The van der Waals surface area contributed by atoms with Gasteiger partial charge in [-0.2, -0.15) is 0 Å². The number of likely N-dealkylation sites (N-methyl/N-ethyl adjacent to an activating group) is 1. The van der Waals surface area contributed by atoms with Gasteiger partial charge in [0.2, 0.25) is 0 Å². The van der Waals surface area contributed by atoms with Crippen LogP contribution in [0.15, 0.2) is 29.3 Å². The zero-order chi connectivity index (χ0) is 14.5. The molecule has 2 aliphatic rings. The van der Waals surface area contributed by atoms with Crippen molar-refractivity contribution >= 4 is 21.6 Å². The molecule has 2 unspecified atom stereocenters. The zero-order valence-corrected chi connectivity index (χ0v) is 13.9. The van der Waals surface area contributed by atoms with Crippen molar-refractivity contribution in [3.05, 3.63) is 34.8 Å². The van der Waals surface area contributed by atoms with Crippen molar-refractivity contribution in [2.24, 2.45) is 0 Å². The predicted molar refractivity (Wildman–Crippen MR) is 86.6 cm³/mol. The maximum atomic E-state index is 5.45. The Morgan fingerprint density at radius 2 is 2.30 bits per heavy atom. The van der Waals surface area contributed by atoms with E-state index in [2.05, 4.69) is 58.4 Å². The van der Waals surface area contributed by atoms with E-state index in [-0.39, 0.29) is 5.41 Å². The lowest BCUT2D eigenvalue weighted by molar-refractivity contribution is 0.245. The molecule has 2 aliphatic heterocycles. The van der Waals surface area contributed by atoms with Crippen molar-refractivity contribution in [3.8, 4) is 5.75 Å². The average Bonchev–Trinajstić information content (AvgIpc) is 2.85. The van der Waals surface area contributed by atoms with Gasteiger partial charge in [-0.3, -0.25) is 4.90 Å². The molecule has 20 heavy (non-hydrogen) atoms. The number of methoxy groups -OCH3 is 1. The first-order valence-corrected chi connectivity index (χ1v) is 7.78. The molecule has 2 heterocycles. The van der Waals surface area contributed by atoms with Crippen LogP contribution < -0.4 is 9.64 Å². The standard InChI is InChI=1S/C16H21BrN2O/c1-5-7-19-8-6-16(2)12-9-11(20-4)10-13(17)14(12)18(3)15(16)19/h5,9-10,15H,1,6-8H2,2-4H3. The number of ether oxygens (including phenoxy) is 1. The van der Waals surface area contributed by atoms with Crippen LogP contribution >= 0.6 is 15.9 Å². The minimum Gasteiger partial charge on any atom is -0.497 e. The van der Waals surface area contributed by atoms with Crippen LogP contribution in [0, 0.1) is 0 Å². The minimum atomic E-state index is 0.157. The maximum absolute atomic E-state index is 5.45. The SMILES string of the molecule is C=CCN1CCC2(C)c3cc(OC)cc(Br)c3N(C)C12. The van der Waals surface area contributed by atoms with Crippen molar-refractivity contribution in [1.29, 1.82) is 0 Å². The van der Waals surface area contributed by atoms with Gasteiger partial charge in [0.05, 0.1) is 19.0 Å². The fourth-order valence-electron chi connectivity index (χ4n) is 3.94. The Balaban J connectivity index is 2.12. The van der Waals surface area contributed by atoms with Crippen molar-refractivity contribution in [1.82, 2.24) is 4.90 Å². The maximum Gasteiger partial charge on any atom is 0.120 e. The van der Waals surface area contributed by atoms with Crippen molar-refractivity contribution < 1.29 is 4.74 Å². The van der Waals surface area contributed by atoms with Crippen LogP contribution in [0.2, 0.25) is 0 Å². The molecule has 0 spiro atoms. The number of benzene rings is 1. The van der Waals surface area contributed by atoms with Gasteiger partial charge < -0.3 is 9.64 Å². The first-order chi connectivity index (χ1) is 9.52. The second kappa shape index (κ2) is 4.78. The molecule has 0 aliphatic carbocycles. The molecule has 1 aromatic rings. The quantitative estimate of drug-likeness (QED) is 0.787. The summed E-state index contributed by atoms with van der Waals surface area (Å²) in [7, 11) is 3.92. The molecule has 0 bridgehead atoms. The van der Waals surface area contributed by atoms with Crippen LogP contribution in [0.4, 0.5) is 5.69 Å². The number of hydrogen-bond donors (Lipinski definition) is 0. The first-order valence-electron chi connectivity index (χ1n) is 6.98. The molecule has 1 fully saturated rings. The van der Waals surface area contributed by atoms with Gasteiger partial charge in [-0.25, -0.2) is 0 Å². The lowest BCUT2D eigenvalue weighted by Crippen LogP contribution is -2.47. The molecule has 1 saturated heterocycles. The Morgan fingerprint density at radius 3 is 2.95 bits per heavy atom. The molecule has 3 rings (SSSR count). The fraction of sp³-hybridized carbons (Fsp3) is 0.500. The monoisotopic (exact) mass is 336 g/mol. The highest BCUT2D eigenvalue weighted by Crippen LogP contribution is 2.54. The van der Waals surface area contributed by atoms with Crippen LogP contribution in [0.1, 0.15) is 18.9 Å². The predicted octanol–water partition coefficient (Wildman–Crippen LogP) is 3.38. The summed E-state index contributed by atoms with van der Waals surface area (Å²) >= 11 is 3.71. The van der Waals surface area contributed by atoms with E-state index in [1.165, 1.54) is 17.7 Å². The topological polar surface area (TPSA) is 15.7 Å². The second-order valence-corrected chi connectivity index (χ2v) is 6.80. The van der Waals surface area contributed by atoms with E-state index in [4.69, 9.17) is 4.74 Å². The third-order valence-electron chi connectivity index (χ3n) is 4.81. The highest BCUT2D eigenvalue weighted by Gasteiger charge is 2.53. The molecular weight excluding hydrogens is 316 g/mol. The molecule has 0 N–H and O–H groups in total. The van der Waals surface area contributed by atoms with Crippen LogP contribution in [0.3, 0.4) is 0 Å². The van der Waals surface area contributed by atoms with Gasteiger partial charge in [-0.05, 0) is 40.0 Å². The number of fused-ring (bicyclic) bond motifs is 3. The molecule has 0 aromatic heterocycles. The highest BCUT2D eigenvalue weighted by atomic mass is 79.9. The lowest BCUT2D eigenvalue weighted by atomic mass is 9.81. The Labute approximate surface area is 129 Å². The van der Waals surface area contributed by atoms with E-state index >= 15 is 0 Å². The molecule has 1 aromatic carbocycles. The number of anilines is 1. The van der Waals surface area contributed by atoms with E-state index in [1.807, 2.05) is 6.08 Å². The van der Waals surface area contributed by atoms with E-state index in [0.717, 1.165) is 23.3 Å². The molecule has 4 heteroatoms. The highest BCUT2D eigenvalue weighted by molar-refractivity contribution is 9.10. The molecule has 3 nitrogen and oxygen atoms in total. The summed E-state index contributed by atoms with van der Waals surface area (Å²) in [6.45, 7) is 8.32. The first kappa shape index (κ1) is 14.0. The Morgan fingerprint density at radius 1 is 1.55 bits per heavy atom. The van der Waals surface area contributed by atoms with E-state index in [1.54, 1.807) is 7.11 Å². The largest absolute Gasteiger partial charge is 0.497 e. The Kier molecular flexibility index (Phi) is 3.33. The lowest BCUT2D eigenvalue weighted by Gasteiger charge is -2.34. The van der Waals surface area contributed by atoms with Crippen molar-refractivity contribution in [2.75, 3.05) is 32.1 Å². The van der Waals surface area contributed by atoms with Gasteiger partial charge in [0.1, 0.15) is 5.75 Å². The summed E-state index contributed by atoms with van der Waals surface area (Å²) in [6.07, 6.45) is 3.57. The summed E-state index contributed by atoms with van der Waals surface area (Å²) in [5, 5.41) is 0. The third kappa shape index (κ3) is 1.74. The van der Waals surface area contributed by atoms with Gasteiger partial charge in [0.25, 0.3) is 0 Å². The Hall–Kier alpha value is -1.00. The van der Waals surface area contributed by atoms with Crippen LogP contribution in [-0.4, -0.2) is 38.3 Å². The van der Waals surface area contributed by atoms with Gasteiger partial charge in [-0.15, -0.1) is 6.58 Å². The summed E-state index contributed by atoms with van der Waals surface area (Å²) in [5.41, 5.74) is 2.85. The summed E-state index contributed by atoms with van der Waals surface area (Å²) in [6, 6.07) is 4.26. The molecular formula is C16H21BrN2O. The van der Waals surface area contributed by atoms with E-state index in [0.29, 0.717) is 6.17 Å². The minimum absolute atomic E-state index is 0.157. The number of rotatable bonds is 3. The smallest absolute Gasteiger partial charge is 0.120 e. The molecule has 108 valence electrons. The third-order valence-corrected chi connectivity index (χ3v) is 5.41. The van der Waals surface area contributed by atoms with Crippen LogP contribution in [0.5, 0.6) is 5.75 Å². The normalized spacial score (nSPS) is 28.4. The van der Waals surface area contributed by atoms with Gasteiger partial charge in [-0.1, -0.05) is 13.0 Å². The summed E-state index contributed by atoms with van der Waals surface area (Å²) < 4.78 is 6.56. The van der Waals surface area contributed by atoms with Crippen LogP contribution in [-0.2, 0) is 5.41 Å². The molecule has 0 saturated carbocycles. The van der Waals surface area contributed by atoms with Crippen molar-refractivity contribution in [2.45, 2.75) is 24.9 Å². The summed E-state index contributed by atoms with van der Waals surface area (Å²) in [5.74, 6) is 0.924. The zero-order valence-electron chi connectivity index (χ0n) is 12.3. The van der Waals surface area contributed by atoms with Gasteiger partial charge in [0.15, 0.2) is 0 Å². The van der Waals surface area contributed by atoms with E-state index in [9.17, 15) is 0 Å². The van der Waals surface area contributed by atoms with Gasteiger partial charge >= 0.3 is 0 Å².